The first-order valence-corrected chi connectivity index (χ1v) is 15.8. The van der Waals surface area contributed by atoms with Crippen LogP contribution in [0.5, 0.6) is 5.75 Å². The number of aliphatic hydroxyl groups is 1. The molecule has 11 heteroatoms. The summed E-state index contributed by atoms with van der Waals surface area (Å²) in [6.07, 6.45) is 7.59. The first kappa shape index (κ1) is 29.8. The van der Waals surface area contributed by atoms with Gasteiger partial charge in [0.1, 0.15) is 30.1 Å². The smallest absolute Gasteiger partial charge is 0.178 e. The molecule has 0 spiro atoms. The Labute approximate surface area is 266 Å². The van der Waals surface area contributed by atoms with Gasteiger partial charge in [-0.2, -0.15) is 5.10 Å². The molecular weight excluding hydrogens is 583 g/mol. The van der Waals surface area contributed by atoms with Gasteiger partial charge in [-0.1, -0.05) is 19.9 Å². The number of pyridine rings is 2. The molecule has 46 heavy (non-hydrogen) atoms. The first-order chi connectivity index (χ1) is 22.4. The van der Waals surface area contributed by atoms with Crippen LogP contribution >= 0.6 is 0 Å². The Morgan fingerprint density at radius 1 is 1.02 bits per heavy atom. The van der Waals surface area contributed by atoms with E-state index in [0.717, 1.165) is 52.9 Å². The molecule has 5 heterocycles. The summed E-state index contributed by atoms with van der Waals surface area (Å²) >= 11 is 0. The number of likely N-dealkylation sites (tertiary alicyclic amines) is 1. The van der Waals surface area contributed by atoms with Crippen molar-refractivity contribution in [2.75, 3.05) is 31.6 Å². The summed E-state index contributed by atoms with van der Waals surface area (Å²) in [6.45, 7) is 7.66. The molecule has 10 nitrogen and oxygen atoms in total. The number of ether oxygens (including phenoxy) is 1. The van der Waals surface area contributed by atoms with Gasteiger partial charge in [0.2, 0.25) is 0 Å². The van der Waals surface area contributed by atoms with Gasteiger partial charge in [0.25, 0.3) is 0 Å². The van der Waals surface area contributed by atoms with Crippen LogP contribution in [-0.4, -0.2) is 72.6 Å². The average Bonchev–Trinajstić information content (AvgIpc) is 3.80. The first-order valence-electron chi connectivity index (χ1n) is 15.8. The minimum Gasteiger partial charge on any atom is -0.492 e. The van der Waals surface area contributed by atoms with Gasteiger partial charge < -0.3 is 20.1 Å². The van der Waals surface area contributed by atoms with Crippen LogP contribution in [0.25, 0.3) is 55.8 Å². The summed E-state index contributed by atoms with van der Waals surface area (Å²) in [5.74, 6) is 1.03. The van der Waals surface area contributed by atoms with E-state index in [-0.39, 0.29) is 5.82 Å². The lowest BCUT2D eigenvalue weighted by Gasteiger charge is -2.16. The van der Waals surface area contributed by atoms with Crippen molar-refractivity contribution in [1.82, 2.24) is 35.0 Å². The molecule has 7 rings (SSSR count). The number of H-pyrrole nitrogens is 2. The molecule has 236 valence electrons. The van der Waals surface area contributed by atoms with Crippen LogP contribution in [0.2, 0.25) is 0 Å². The number of aromatic nitrogens is 6. The highest BCUT2D eigenvalue weighted by Gasteiger charge is 2.18. The monoisotopic (exact) mass is 620 g/mol. The van der Waals surface area contributed by atoms with E-state index in [9.17, 15) is 9.50 Å². The molecule has 1 aliphatic rings. The number of fused-ring (bicyclic) bond motifs is 2. The highest BCUT2D eigenvalue weighted by Crippen LogP contribution is 2.34. The second-order valence-corrected chi connectivity index (χ2v) is 12.3. The van der Waals surface area contributed by atoms with Crippen LogP contribution in [0.1, 0.15) is 33.1 Å². The number of anilines is 1. The quantitative estimate of drug-likeness (QED) is 0.119. The molecule has 1 atom stereocenters. The maximum atomic E-state index is 14.8. The van der Waals surface area contributed by atoms with Crippen LogP contribution in [-0.2, 0) is 0 Å². The predicted molar refractivity (Wildman–Crippen MR) is 178 cm³/mol. The summed E-state index contributed by atoms with van der Waals surface area (Å²) in [5, 5.41) is 22.1. The van der Waals surface area contributed by atoms with Gasteiger partial charge in [-0.15, -0.1) is 0 Å². The Morgan fingerprint density at radius 3 is 2.74 bits per heavy atom. The summed E-state index contributed by atoms with van der Waals surface area (Å²) in [4.78, 5) is 19.4. The fourth-order valence-electron chi connectivity index (χ4n) is 6.11. The Balaban J connectivity index is 1.18. The largest absolute Gasteiger partial charge is 0.492 e. The maximum absolute atomic E-state index is 14.8. The number of nitrogens with one attached hydrogen (secondary N) is 3. The Morgan fingerprint density at radius 2 is 1.89 bits per heavy atom. The third-order valence-corrected chi connectivity index (χ3v) is 8.34. The normalized spacial score (nSPS) is 14.5. The lowest BCUT2D eigenvalue weighted by molar-refractivity contribution is 0.176. The standard InChI is InChI=1S/C35H37FN8O2/c1-21(2)13-31(45)39-26-15-24(19-37-20-26)22-5-6-30-29(17-22)33(43-42-30)35-40-32-28(7-8-38-34(32)41-35)23-14-25(36)18-27(16-23)46-12-11-44-9-3-4-10-44/h5-8,14-21,31,39,45H,3-4,9-13H2,1-2H3,(H,42,43)(H,38,40,41). The molecule has 0 bridgehead atoms. The maximum Gasteiger partial charge on any atom is 0.178 e. The van der Waals surface area contributed by atoms with Gasteiger partial charge in [0.05, 0.1) is 22.9 Å². The molecule has 0 saturated carbocycles. The minimum atomic E-state index is -0.655. The summed E-state index contributed by atoms with van der Waals surface area (Å²) in [6, 6.07) is 14.6. The molecule has 0 amide bonds. The van der Waals surface area contributed by atoms with Gasteiger partial charge in [-0.05, 0) is 85.8 Å². The zero-order valence-electron chi connectivity index (χ0n) is 25.9. The lowest BCUT2D eigenvalue weighted by atomic mass is 10.0. The lowest BCUT2D eigenvalue weighted by Crippen LogP contribution is -2.25. The third-order valence-electron chi connectivity index (χ3n) is 8.34. The number of benzene rings is 2. The van der Waals surface area contributed by atoms with Crippen LogP contribution in [0.4, 0.5) is 10.1 Å². The fourth-order valence-corrected chi connectivity index (χ4v) is 6.11. The SMILES string of the molecule is CC(C)CC(O)Nc1cncc(-c2ccc3[nH]nc(-c4nc5nccc(-c6cc(F)cc(OCCN7CCCC7)c6)c5[nH]4)c3c2)c1. The van der Waals surface area contributed by atoms with E-state index < -0.39 is 6.23 Å². The molecule has 0 radical (unpaired) electrons. The van der Waals surface area contributed by atoms with Crippen molar-refractivity contribution in [1.29, 1.82) is 0 Å². The second kappa shape index (κ2) is 12.9. The van der Waals surface area contributed by atoms with Crippen LogP contribution < -0.4 is 10.1 Å². The van der Waals surface area contributed by atoms with E-state index in [1.165, 1.54) is 25.0 Å². The highest BCUT2D eigenvalue weighted by atomic mass is 19.1. The van der Waals surface area contributed by atoms with Gasteiger partial charge in [-0.25, -0.2) is 14.4 Å². The van der Waals surface area contributed by atoms with Crippen LogP contribution in [0, 0.1) is 11.7 Å². The second-order valence-electron chi connectivity index (χ2n) is 12.3. The average molecular weight is 621 g/mol. The molecule has 6 aromatic rings. The molecule has 1 aliphatic heterocycles. The minimum absolute atomic E-state index is 0.361. The summed E-state index contributed by atoms with van der Waals surface area (Å²) in [5.41, 5.74) is 6.70. The number of hydrogen-bond donors (Lipinski definition) is 4. The number of imidazole rings is 1. The van der Waals surface area contributed by atoms with Gasteiger partial charge in [-0.3, -0.25) is 15.0 Å². The van der Waals surface area contributed by atoms with Crippen molar-refractivity contribution in [2.45, 2.75) is 39.3 Å². The van der Waals surface area contributed by atoms with E-state index in [1.807, 2.05) is 36.4 Å². The van der Waals surface area contributed by atoms with E-state index in [2.05, 4.69) is 49.2 Å². The molecule has 1 unspecified atom stereocenters. The van der Waals surface area contributed by atoms with Crippen molar-refractivity contribution in [3.05, 3.63) is 72.9 Å². The molecule has 2 aromatic carbocycles. The number of aliphatic hydroxyl groups excluding tert-OH is 1. The van der Waals surface area contributed by atoms with Crippen molar-refractivity contribution in [2.24, 2.45) is 5.92 Å². The van der Waals surface area contributed by atoms with Crippen LogP contribution in [0.3, 0.4) is 0 Å². The van der Waals surface area contributed by atoms with Gasteiger partial charge >= 0.3 is 0 Å². The highest BCUT2D eigenvalue weighted by molar-refractivity contribution is 5.97. The Hall–Kier alpha value is -4.87. The molecule has 1 saturated heterocycles. The number of halogens is 1. The van der Waals surface area contributed by atoms with Crippen LogP contribution in [0.15, 0.2) is 67.1 Å². The number of rotatable bonds is 11. The number of aromatic amines is 2. The van der Waals surface area contributed by atoms with E-state index in [4.69, 9.17) is 9.72 Å². The zero-order valence-corrected chi connectivity index (χ0v) is 25.9. The molecule has 4 aromatic heterocycles. The Kier molecular flexibility index (Phi) is 8.33. The molecule has 0 aliphatic carbocycles. The number of hydrogen-bond acceptors (Lipinski definition) is 8. The van der Waals surface area contributed by atoms with Crippen molar-refractivity contribution < 1.29 is 14.2 Å². The van der Waals surface area contributed by atoms with Gasteiger partial charge in [0.15, 0.2) is 11.5 Å². The van der Waals surface area contributed by atoms with Crippen molar-refractivity contribution >= 4 is 27.8 Å². The molecule has 1 fully saturated rings. The summed E-state index contributed by atoms with van der Waals surface area (Å²) in [7, 11) is 0. The Bertz CT molecular complexity index is 1980. The van der Waals surface area contributed by atoms with E-state index in [1.54, 1.807) is 18.6 Å². The molecule has 4 N–H and O–H groups in total. The summed E-state index contributed by atoms with van der Waals surface area (Å²) < 4.78 is 20.8. The predicted octanol–water partition coefficient (Wildman–Crippen LogP) is 6.62. The fraction of sp³-hybridized carbons (Fsp3) is 0.314. The molecular formula is C35H37FN8O2. The topological polar surface area (TPSA) is 128 Å². The van der Waals surface area contributed by atoms with Crippen molar-refractivity contribution in [3.63, 3.8) is 0 Å². The third kappa shape index (κ3) is 6.42. The van der Waals surface area contributed by atoms with Gasteiger partial charge in [0, 0.05) is 41.5 Å². The van der Waals surface area contributed by atoms with E-state index in [0.29, 0.717) is 52.9 Å². The zero-order chi connectivity index (χ0) is 31.6. The van der Waals surface area contributed by atoms with E-state index >= 15 is 0 Å². The van der Waals surface area contributed by atoms with Crippen molar-refractivity contribution in [3.8, 4) is 39.5 Å². The number of nitrogens with zero attached hydrogens (tertiary/aromatic N) is 5.